The van der Waals surface area contributed by atoms with Crippen LogP contribution in [-0.2, 0) is 9.53 Å². The third-order valence-corrected chi connectivity index (χ3v) is 4.76. The Kier molecular flexibility index (Phi) is 5.52. The van der Waals surface area contributed by atoms with Gasteiger partial charge < -0.3 is 19.3 Å². The molecule has 1 fully saturated rings. The number of carbonyl (C=O) groups excluding carboxylic acids is 1. The molecule has 1 amide bonds. The van der Waals surface area contributed by atoms with Gasteiger partial charge in [0.1, 0.15) is 11.1 Å². The first-order valence-electron chi connectivity index (χ1n) is 7.70. The number of nitrogens with zero attached hydrogens (tertiary/aromatic N) is 2. The summed E-state index contributed by atoms with van der Waals surface area (Å²) in [7, 11) is 1.49. The maximum Gasteiger partial charge on any atom is 0.313 e. The number of ether oxygens (including phenoxy) is 1. The van der Waals surface area contributed by atoms with Gasteiger partial charge in [0, 0.05) is 36.9 Å². The van der Waals surface area contributed by atoms with Gasteiger partial charge in [-0.3, -0.25) is 9.59 Å². The minimum atomic E-state index is -1.02. The van der Waals surface area contributed by atoms with E-state index >= 15 is 0 Å². The molecule has 0 radical (unpaired) electrons. The van der Waals surface area contributed by atoms with Crippen LogP contribution in [0.1, 0.15) is 43.2 Å². The molecule has 2 rings (SSSR count). The molecule has 0 spiro atoms. The summed E-state index contributed by atoms with van der Waals surface area (Å²) in [5.74, 6) is -1.04. The molecule has 1 aromatic heterocycles. The van der Waals surface area contributed by atoms with Crippen LogP contribution in [0.25, 0.3) is 0 Å². The molecule has 0 aromatic carbocycles. The van der Waals surface area contributed by atoms with Gasteiger partial charge in [0.25, 0.3) is 5.91 Å². The van der Waals surface area contributed by atoms with Crippen LogP contribution in [0.2, 0.25) is 0 Å². The Morgan fingerprint density at radius 1 is 1.48 bits per heavy atom. The molecule has 6 nitrogen and oxygen atoms in total. The number of rotatable bonds is 5. The second-order valence-electron chi connectivity index (χ2n) is 6.39. The van der Waals surface area contributed by atoms with Crippen LogP contribution in [0.3, 0.4) is 0 Å². The summed E-state index contributed by atoms with van der Waals surface area (Å²) >= 11 is 3.41. The van der Waals surface area contributed by atoms with Gasteiger partial charge in [-0.05, 0) is 48.7 Å². The largest absolute Gasteiger partial charge is 0.481 e. The number of likely N-dealkylation sites (tertiary alicyclic amines) is 1. The van der Waals surface area contributed by atoms with E-state index in [0.717, 1.165) is 4.47 Å². The summed E-state index contributed by atoms with van der Waals surface area (Å²) in [6, 6.07) is 1.93. The number of methoxy groups -OCH3 is 1. The Hall–Kier alpha value is -1.34. The molecule has 1 aromatic rings. The fraction of sp³-hybridized carbons (Fsp3) is 0.625. The quantitative estimate of drug-likeness (QED) is 0.844. The summed E-state index contributed by atoms with van der Waals surface area (Å²) < 4.78 is 7.86. The van der Waals surface area contributed by atoms with E-state index in [1.165, 1.54) is 7.11 Å². The molecule has 23 heavy (non-hydrogen) atoms. The maximum atomic E-state index is 12.9. The van der Waals surface area contributed by atoms with Crippen molar-refractivity contribution >= 4 is 27.8 Å². The number of piperidine rings is 1. The van der Waals surface area contributed by atoms with Crippen LogP contribution in [0.5, 0.6) is 0 Å². The second kappa shape index (κ2) is 7.05. The lowest BCUT2D eigenvalue weighted by Crippen LogP contribution is -2.52. The molecular weight excluding hydrogens is 364 g/mol. The first kappa shape index (κ1) is 18.0. The summed E-state index contributed by atoms with van der Waals surface area (Å²) in [5.41, 5.74) is -0.444. The molecule has 0 saturated carbocycles. The minimum Gasteiger partial charge on any atom is -0.481 e. The van der Waals surface area contributed by atoms with Gasteiger partial charge in [0.15, 0.2) is 0 Å². The number of aliphatic carboxylic acids is 1. The number of carbonyl (C=O) groups is 2. The van der Waals surface area contributed by atoms with E-state index in [1.807, 2.05) is 24.6 Å². The number of hydrogen-bond acceptors (Lipinski definition) is 3. The highest BCUT2D eigenvalue weighted by Crippen LogP contribution is 2.32. The zero-order chi connectivity index (χ0) is 17.2. The number of aromatic nitrogens is 1. The number of amides is 1. The molecule has 1 unspecified atom stereocenters. The predicted molar refractivity (Wildman–Crippen MR) is 89.6 cm³/mol. The summed E-state index contributed by atoms with van der Waals surface area (Å²) in [6.07, 6.45) is 3.06. The smallest absolute Gasteiger partial charge is 0.313 e. The van der Waals surface area contributed by atoms with E-state index < -0.39 is 11.4 Å². The number of carboxylic acid groups (broad SMARTS) is 1. The molecule has 1 N–H and O–H groups in total. The summed E-state index contributed by atoms with van der Waals surface area (Å²) in [5, 5.41) is 9.61. The topological polar surface area (TPSA) is 71.8 Å². The van der Waals surface area contributed by atoms with Crippen molar-refractivity contribution in [3.8, 4) is 0 Å². The molecule has 0 aliphatic carbocycles. The molecule has 1 saturated heterocycles. The van der Waals surface area contributed by atoms with E-state index in [-0.39, 0.29) is 25.1 Å². The molecular formula is C16H23BrN2O4. The molecule has 1 atom stereocenters. The SMILES string of the molecule is COCC1(C(=O)O)CCCN(C(=O)c2cc(Br)cn2C(C)C)C1. The minimum absolute atomic E-state index is 0.112. The van der Waals surface area contributed by atoms with Crippen LogP contribution >= 0.6 is 15.9 Å². The lowest BCUT2D eigenvalue weighted by atomic mass is 9.80. The van der Waals surface area contributed by atoms with Crippen LogP contribution in [0, 0.1) is 5.41 Å². The normalized spacial score (nSPS) is 21.7. The van der Waals surface area contributed by atoms with Gasteiger partial charge >= 0.3 is 5.97 Å². The van der Waals surface area contributed by atoms with Gasteiger partial charge in [-0.2, -0.15) is 0 Å². The lowest BCUT2D eigenvalue weighted by molar-refractivity contribution is -0.155. The Morgan fingerprint density at radius 2 is 2.17 bits per heavy atom. The fourth-order valence-electron chi connectivity index (χ4n) is 3.14. The van der Waals surface area contributed by atoms with Crippen molar-refractivity contribution in [2.45, 2.75) is 32.7 Å². The first-order chi connectivity index (χ1) is 10.8. The van der Waals surface area contributed by atoms with Crippen molar-refractivity contribution in [2.75, 3.05) is 26.8 Å². The van der Waals surface area contributed by atoms with Gasteiger partial charge in [-0.15, -0.1) is 0 Å². The Morgan fingerprint density at radius 3 is 2.74 bits per heavy atom. The van der Waals surface area contributed by atoms with Crippen LogP contribution in [0.4, 0.5) is 0 Å². The molecule has 0 bridgehead atoms. The van der Waals surface area contributed by atoms with Crippen molar-refractivity contribution in [3.63, 3.8) is 0 Å². The van der Waals surface area contributed by atoms with Crippen molar-refractivity contribution in [3.05, 3.63) is 22.4 Å². The average Bonchev–Trinajstić information content (AvgIpc) is 2.89. The molecule has 1 aliphatic rings. The highest BCUT2D eigenvalue weighted by atomic mass is 79.9. The zero-order valence-corrected chi connectivity index (χ0v) is 15.3. The zero-order valence-electron chi connectivity index (χ0n) is 13.7. The fourth-order valence-corrected chi connectivity index (χ4v) is 3.58. The average molecular weight is 387 g/mol. The van der Waals surface area contributed by atoms with Crippen LogP contribution in [0.15, 0.2) is 16.7 Å². The summed E-state index contributed by atoms with van der Waals surface area (Å²) in [6.45, 7) is 4.87. The molecule has 128 valence electrons. The Balaban J connectivity index is 2.27. The monoisotopic (exact) mass is 386 g/mol. The Labute approximate surface area is 144 Å². The van der Waals surface area contributed by atoms with E-state index in [2.05, 4.69) is 15.9 Å². The predicted octanol–water partition coefficient (Wildman–Crippen LogP) is 2.78. The third kappa shape index (κ3) is 3.61. The van der Waals surface area contributed by atoms with Gasteiger partial charge in [0.05, 0.1) is 6.61 Å². The highest BCUT2D eigenvalue weighted by molar-refractivity contribution is 9.10. The molecule has 1 aliphatic heterocycles. The van der Waals surface area contributed by atoms with E-state index in [4.69, 9.17) is 4.74 Å². The third-order valence-electron chi connectivity index (χ3n) is 4.33. The van der Waals surface area contributed by atoms with Gasteiger partial charge in [-0.1, -0.05) is 0 Å². The van der Waals surface area contributed by atoms with E-state index in [1.54, 1.807) is 11.0 Å². The number of halogens is 1. The Bertz CT molecular complexity index is 595. The molecule has 7 heteroatoms. The van der Waals surface area contributed by atoms with Gasteiger partial charge in [-0.25, -0.2) is 0 Å². The van der Waals surface area contributed by atoms with Crippen molar-refractivity contribution in [2.24, 2.45) is 5.41 Å². The van der Waals surface area contributed by atoms with Gasteiger partial charge in [0.2, 0.25) is 0 Å². The summed E-state index contributed by atoms with van der Waals surface area (Å²) in [4.78, 5) is 26.3. The van der Waals surface area contributed by atoms with Crippen molar-refractivity contribution in [1.82, 2.24) is 9.47 Å². The number of carboxylic acids is 1. The number of hydrogen-bond donors (Lipinski definition) is 1. The molecule has 2 heterocycles. The van der Waals surface area contributed by atoms with Crippen LogP contribution in [-0.4, -0.2) is 53.3 Å². The highest BCUT2D eigenvalue weighted by Gasteiger charge is 2.44. The van der Waals surface area contributed by atoms with E-state index in [9.17, 15) is 14.7 Å². The van der Waals surface area contributed by atoms with E-state index in [0.29, 0.717) is 25.1 Å². The first-order valence-corrected chi connectivity index (χ1v) is 8.49. The van der Waals surface area contributed by atoms with Crippen molar-refractivity contribution in [1.29, 1.82) is 0 Å². The standard InChI is InChI=1S/C16H23BrN2O4/c1-11(2)19-8-12(17)7-13(19)14(20)18-6-4-5-16(9-18,10-23-3)15(21)22/h7-8,11H,4-6,9-10H2,1-3H3,(H,21,22). The van der Waals surface area contributed by atoms with Crippen molar-refractivity contribution < 1.29 is 19.4 Å². The lowest BCUT2D eigenvalue weighted by Gasteiger charge is -2.39. The second-order valence-corrected chi connectivity index (χ2v) is 7.31. The van der Waals surface area contributed by atoms with Crippen LogP contribution < -0.4 is 0 Å². The maximum absolute atomic E-state index is 12.9.